The molecule has 0 unspecified atom stereocenters. The van der Waals surface area contributed by atoms with E-state index in [1.807, 2.05) is 72.8 Å². The van der Waals surface area contributed by atoms with Crippen LogP contribution in [0.5, 0.6) is 23.0 Å². The molecule has 4 fully saturated rings. The highest BCUT2D eigenvalue weighted by Crippen LogP contribution is 2.40. The first-order valence-corrected chi connectivity index (χ1v) is 29.0. The Labute approximate surface area is 501 Å². The van der Waals surface area contributed by atoms with E-state index in [0.717, 1.165) is 67.3 Å². The Balaban J connectivity index is 0.982. The van der Waals surface area contributed by atoms with Crippen LogP contribution in [0.15, 0.2) is 121 Å². The summed E-state index contributed by atoms with van der Waals surface area (Å²) in [7, 11) is 0. The zero-order chi connectivity index (χ0) is 61.1. The van der Waals surface area contributed by atoms with Crippen LogP contribution in [0.25, 0.3) is 66.6 Å². The minimum Gasteiger partial charge on any atom is -0.462 e. The van der Waals surface area contributed by atoms with Crippen LogP contribution in [-0.2, 0) is 44.6 Å². The summed E-state index contributed by atoms with van der Waals surface area (Å²) in [6.07, 6.45) is -20.2. The number of hydrogen-bond acceptors (Lipinski definition) is 22. The summed E-state index contributed by atoms with van der Waals surface area (Å²) < 4.78 is 46.2. The third kappa shape index (κ3) is 11.7. The molecule has 3 aromatic heterocycles. The van der Waals surface area contributed by atoms with Crippen molar-refractivity contribution >= 4 is 22.1 Å². The van der Waals surface area contributed by atoms with Crippen molar-refractivity contribution in [2.24, 2.45) is 0 Å². The molecule has 6 aliphatic heterocycles. The number of aliphatic hydroxyl groups is 12. The lowest BCUT2D eigenvalue weighted by atomic mass is 10.0. The van der Waals surface area contributed by atoms with Crippen molar-refractivity contribution in [3.05, 3.63) is 144 Å². The van der Waals surface area contributed by atoms with Gasteiger partial charge in [-0.1, -0.05) is 48.5 Å². The molecule has 4 aromatic carbocycles. The second-order valence-corrected chi connectivity index (χ2v) is 22.7. The van der Waals surface area contributed by atoms with Gasteiger partial charge in [-0.15, -0.1) is 0 Å². The summed E-state index contributed by atoms with van der Waals surface area (Å²) in [5, 5.41) is 125. The largest absolute Gasteiger partial charge is 0.462 e. The fourth-order valence-corrected chi connectivity index (χ4v) is 11.9. The number of aryl methyl sites for hydroxylation is 4. The molecule has 0 spiro atoms. The van der Waals surface area contributed by atoms with Crippen molar-refractivity contribution < 1.29 is 99.2 Å². The van der Waals surface area contributed by atoms with Crippen LogP contribution in [0, 0.1) is 0 Å². The molecule has 0 radical (unpaired) electrons. The molecule has 0 saturated carbocycles. The van der Waals surface area contributed by atoms with Gasteiger partial charge in [0.15, 0.2) is 0 Å². The second kappa shape index (κ2) is 24.9. The number of hydrogen-bond donors (Lipinski definition) is 14. The van der Waals surface area contributed by atoms with Crippen molar-refractivity contribution in [2.45, 2.75) is 124 Å². The van der Waals surface area contributed by atoms with Gasteiger partial charge in [0.25, 0.3) is 0 Å². The minimum atomic E-state index is -1.52. The first-order chi connectivity index (χ1) is 42.5. The van der Waals surface area contributed by atoms with Gasteiger partial charge in [0, 0.05) is 44.3 Å². The normalized spacial score (nSPS) is 30.0. The number of rotatable bonds is 12. The van der Waals surface area contributed by atoms with E-state index >= 15 is 0 Å². The number of aromatic amines is 2. The average molecular weight is 1210 g/mol. The van der Waals surface area contributed by atoms with Crippen LogP contribution in [0.3, 0.4) is 0 Å². The summed E-state index contributed by atoms with van der Waals surface area (Å²) in [5.74, 6) is 1.30. The van der Waals surface area contributed by atoms with E-state index in [1.54, 1.807) is 48.5 Å². The molecule has 88 heavy (non-hydrogen) atoms. The van der Waals surface area contributed by atoms with E-state index in [1.165, 1.54) is 0 Å². The van der Waals surface area contributed by atoms with Gasteiger partial charge in [-0.25, -0.2) is 0 Å². The number of H-pyrrole nitrogens is 2. The van der Waals surface area contributed by atoms with Crippen LogP contribution in [0.2, 0.25) is 0 Å². The lowest BCUT2D eigenvalue weighted by Crippen LogP contribution is -2.54. The predicted molar refractivity (Wildman–Crippen MR) is 311 cm³/mol. The van der Waals surface area contributed by atoms with Crippen molar-refractivity contribution in [1.82, 2.24) is 19.9 Å². The Morgan fingerprint density at radius 2 is 0.489 bits per heavy atom. The molecule has 13 rings (SSSR count). The third-order valence-electron chi connectivity index (χ3n) is 16.7. The molecule has 14 N–H and O–H groups in total. The number of aromatic nitrogens is 4. The molecular formula is C64H66N4O20. The maximum Gasteiger partial charge on any atom is 0.228 e. The van der Waals surface area contributed by atoms with Crippen LogP contribution in [0.4, 0.5) is 0 Å². The van der Waals surface area contributed by atoms with Gasteiger partial charge in [-0.3, -0.25) is 9.97 Å². The monoisotopic (exact) mass is 1210 g/mol. The number of nitrogens with one attached hydrogen (secondary N) is 2. The first kappa shape index (κ1) is 59.5. The second-order valence-electron chi connectivity index (χ2n) is 22.7. The average Bonchev–Trinajstić information content (AvgIpc) is 2.14. The molecule has 4 saturated heterocycles. The van der Waals surface area contributed by atoms with Gasteiger partial charge < -0.3 is 109 Å². The Morgan fingerprint density at radius 1 is 0.284 bits per heavy atom. The lowest BCUT2D eigenvalue weighted by Gasteiger charge is -2.34. The van der Waals surface area contributed by atoms with Crippen LogP contribution >= 0.6 is 0 Å². The van der Waals surface area contributed by atoms with E-state index < -0.39 is 98.4 Å². The van der Waals surface area contributed by atoms with Gasteiger partial charge in [-0.2, -0.15) is 0 Å². The third-order valence-corrected chi connectivity index (χ3v) is 16.7. The minimum absolute atomic E-state index is 0.239. The van der Waals surface area contributed by atoms with Crippen molar-refractivity contribution in [3.63, 3.8) is 0 Å². The van der Waals surface area contributed by atoms with Crippen molar-refractivity contribution in [1.29, 1.82) is 0 Å². The molecule has 16 atom stereocenters. The fourth-order valence-electron chi connectivity index (χ4n) is 11.9. The fraction of sp³-hybridized carbons (Fsp3) is 0.375. The molecule has 24 heteroatoms. The number of fused-ring (bicyclic) bond motifs is 8. The summed E-state index contributed by atoms with van der Waals surface area (Å²) >= 11 is 0. The number of aliphatic hydroxyl groups excluding tert-OH is 12. The SMILES string of the molecule is O[C@@H]1[C@@H](O)[C@H](Oc2ccc(-c3c4nc(c(-c5ccc(O[C@@H]6OC[C@@H](O)[C@H](O)[C@H]6O)cc5)c5ccc([nH]5)c(-c5ccc(O[C@@H]6OC[C@@H](O)[C@H](O)[C@H]6O)cc5)c5nc(c(-c6ccc(O[C@@H]7OC[C@@H](O)[C@H](O)[C@H]7O)cc6)c6ccc3[nH]6)CC5)CC4)cc2)OC[C@H]1O. The van der Waals surface area contributed by atoms with Gasteiger partial charge in [-0.05, 0) is 121 Å². The molecule has 462 valence electrons. The van der Waals surface area contributed by atoms with E-state index in [-0.39, 0.29) is 26.4 Å². The Hall–Kier alpha value is -7.44. The topological polar surface area (TPSA) is 374 Å². The number of nitrogens with zero attached hydrogens (tertiary/aromatic N) is 2. The standard InChI is InChI=1S/C64H66N4O20/c69-45-25-81-61(57(77)53(45)73)85-33-9-1-29(2-10-33)49-37-17-19-39(65-37)50(30-3-11-34(12-4-30)86-62-58(78)54(74)46(70)26-82-62)41-21-23-43(67-41)52(32-7-15-36(16-8-32)88-64-60(80)56(76)48(72)28-84-64)44-24-22-42(68-44)51(40-20-18-38(49)66-40)31-5-13-35(14-6-31)87-63-59(79)55(75)47(71)27-83-63/h1-17,19,22,24,45-48,53-65,68-80H,18,20-21,23,25-28H2/t45-,46-,47-,48-,53+,54+,55+,56+,57-,58-,59-,60-,61+,62+,63+,64+/m1/s1. The van der Waals surface area contributed by atoms with Crippen LogP contribution in [0.1, 0.15) is 22.8 Å². The smallest absolute Gasteiger partial charge is 0.228 e. The Bertz CT molecular complexity index is 3310. The van der Waals surface area contributed by atoms with Gasteiger partial charge in [0.1, 0.15) is 96.2 Å². The van der Waals surface area contributed by atoms with E-state index in [0.29, 0.717) is 70.7 Å². The van der Waals surface area contributed by atoms with Crippen LogP contribution < -0.4 is 18.9 Å². The highest BCUT2D eigenvalue weighted by atomic mass is 16.7. The van der Waals surface area contributed by atoms with Gasteiger partial charge in [0.05, 0.1) is 49.2 Å². The molecule has 0 aliphatic carbocycles. The quantitative estimate of drug-likeness (QED) is 0.0830. The molecule has 7 aromatic rings. The first-order valence-electron chi connectivity index (χ1n) is 29.0. The van der Waals surface area contributed by atoms with Crippen molar-refractivity contribution in [2.75, 3.05) is 26.4 Å². The maximum absolute atomic E-state index is 10.7. The molecular weight excluding hydrogens is 1140 g/mol. The summed E-state index contributed by atoms with van der Waals surface area (Å²) in [6.45, 7) is -0.955. The van der Waals surface area contributed by atoms with E-state index in [4.69, 9.17) is 47.9 Å². The Kier molecular flexibility index (Phi) is 16.8. The molecule has 0 amide bonds. The highest BCUT2D eigenvalue weighted by Gasteiger charge is 2.42. The van der Waals surface area contributed by atoms with Crippen LogP contribution in [-0.4, -0.2) is 206 Å². The number of ether oxygens (including phenoxy) is 8. The van der Waals surface area contributed by atoms with Crippen molar-refractivity contribution in [3.8, 4) is 67.5 Å². The van der Waals surface area contributed by atoms with Gasteiger partial charge >= 0.3 is 0 Å². The van der Waals surface area contributed by atoms with E-state index in [9.17, 15) is 61.3 Å². The molecule has 6 aliphatic rings. The number of benzene rings is 4. The molecule has 9 heterocycles. The molecule has 8 bridgehead atoms. The van der Waals surface area contributed by atoms with E-state index in [2.05, 4.69) is 9.97 Å². The molecule has 24 nitrogen and oxygen atoms in total. The lowest BCUT2D eigenvalue weighted by molar-refractivity contribution is -0.242. The zero-order valence-electron chi connectivity index (χ0n) is 47.0. The zero-order valence-corrected chi connectivity index (χ0v) is 47.0. The Morgan fingerprint density at radius 3 is 0.693 bits per heavy atom. The predicted octanol–water partition coefficient (Wildman–Crippen LogP) is 1.82. The van der Waals surface area contributed by atoms with Gasteiger partial charge in [0.2, 0.25) is 25.2 Å². The summed E-state index contributed by atoms with van der Waals surface area (Å²) in [6, 6.07) is 36.5. The highest BCUT2D eigenvalue weighted by molar-refractivity contribution is 5.92. The summed E-state index contributed by atoms with van der Waals surface area (Å²) in [4.78, 5) is 18.5. The summed E-state index contributed by atoms with van der Waals surface area (Å²) in [5.41, 5.74) is 11.7. The maximum atomic E-state index is 10.7.